The monoisotopic (exact) mass is 206 g/mol. The Kier molecular flexibility index (Phi) is 2.96. The van der Waals surface area contributed by atoms with Crippen molar-refractivity contribution in [2.24, 2.45) is 0 Å². The minimum absolute atomic E-state index is 0.0443. The molecular weight excluding hydrogens is 188 g/mol. The molecule has 1 aromatic carbocycles. The third-order valence-electron chi connectivity index (χ3n) is 3.00. The van der Waals surface area contributed by atoms with Crippen LogP contribution in [0.3, 0.4) is 0 Å². The largest absolute Gasteiger partial charge is 0.487 e. The molecule has 0 amide bonds. The fourth-order valence-electron chi connectivity index (χ4n) is 2.09. The van der Waals surface area contributed by atoms with Crippen molar-refractivity contribution in [1.29, 1.82) is 0 Å². The lowest BCUT2D eigenvalue weighted by Crippen LogP contribution is -2.17. The number of fused-ring (bicyclic) bond motifs is 1. The summed E-state index contributed by atoms with van der Waals surface area (Å²) in [6, 6.07) is 6.11. The standard InChI is InChI=1S/C13H18O2/c1-3-5-12-13(14)10-8-9(4-2)6-7-11(10)15-12/h6-8,12-14H,3-5H2,1-2H3. The smallest absolute Gasteiger partial charge is 0.129 e. The van der Waals surface area contributed by atoms with Crippen LogP contribution in [0.2, 0.25) is 0 Å². The van der Waals surface area contributed by atoms with E-state index in [4.69, 9.17) is 4.74 Å². The van der Waals surface area contributed by atoms with Gasteiger partial charge in [-0.15, -0.1) is 0 Å². The van der Waals surface area contributed by atoms with Crippen LogP contribution in [-0.4, -0.2) is 11.2 Å². The number of rotatable bonds is 3. The first-order valence-electron chi connectivity index (χ1n) is 5.73. The van der Waals surface area contributed by atoms with E-state index in [1.54, 1.807) is 0 Å². The van der Waals surface area contributed by atoms with Gasteiger partial charge in [-0.05, 0) is 30.5 Å². The van der Waals surface area contributed by atoms with Gasteiger partial charge in [0.15, 0.2) is 0 Å². The number of aryl methyl sites for hydroxylation is 1. The van der Waals surface area contributed by atoms with Gasteiger partial charge in [-0.2, -0.15) is 0 Å². The van der Waals surface area contributed by atoms with Crippen LogP contribution in [0.1, 0.15) is 43.9 Å². The Morgan fingerprint density at radius 3 is 2.80 bits per heavy atom. The Labute approximate surface area is 90.9 Å². The van der Waals surface area contributed by atoms with Crippen LogP contribution in [0.4, 0.5) is 0 Å². The molecule has 1 N–H and O–H groups in total. The van der Waals surface area contributed by atoms with Gasteiger partial charge in [-0.3, -0.25) is 0 Å². The summed E-state index contributed by atoms with van der Waals surface area (Å²) in [7, 11) is 0. The van der Waals surface area contributed by atoms with Gasteiger partial charge < -0.3 is 9.84 Å². The molecule has 0 saturated carbocycles. The Morgan fingerprint density at radius 2 is 2.13 bits per heavy atom. The summed E-state index contributed by atoms with van der Waals surface area (Å²) in [5, 5.41) is 10.1. The lowest BCUT2D eigenvalue weighted by molar-refractivity contribution is 0.0616. The molecule has 0 radical (unpaired) electrons. The van der Waals surface area contributed by atoms with Crippen LogP contribution < -0.4 is 4.74 Å². The highest BCUT2D eigenvalue weighted by Gasteiger charge is 2.31. The van der Waals surface area contributed by atoms with Crippen molar-refractivity contribution in [2.75, 3.05) is 0 Å². The second-order valence-electron chi connectivity index (χ2n) is 4.12. The number of aliphatic hydroxyl groups excluding tert-OH is 1. The molecule has 0 saturated heterocycles. The quantitative estimate of drug-likeness (QED) is 0.824. The summed E-state index contributed by atoms with van der Waals surface area (Å²) < 4.78 is 5.71. The Balaban J connectivity index is 2.25. The van der Waals surface area contributed by atoms with E-state index in [9.17, 15) is 5.11 Å². The normalized spacial score (nSPS) is 23.7. The van der Waals surface area contributed by atoms with E-state index in [1.165, 1.54) is 5.56 Å². The van der Waals surface area contributed by atoms with Crippen LogP contribution in [0.25, 0.3) is 0 Å². The van der Waals surface area contributed by atoms with Gasteiger partial charge in [0, 0.05) is 5.56 Å². The zero-order valence-electron chi connectivity index (χ0n) is 9.36. The number of aliphatic hydroxyl groups is 1. The molecule has 2 nitrogen and oxygen atoms in total. The Bertz CT molecular complexity index is 346. The van der Waals surface area contributed by atoms with Gasteiger partial charge in [0.05, 0.1) is 0 Å². The molecule has 0 aliphatic carbocycles. The first-order chi connectivity index (χ1) is 7.26. The fourth-order valence-corrected chi connectivity index (χ4v) is 2.09. The van der Waals surface area contributed by atoms with Gasteiger partial charge in [0.2, 0.25) is 0 Å². The molecule has 2 heteroatoms. The summed E-state index contributed by atoms with van der Waals surface area (Å²) >= 11 is 0. The molecule has 0 spiro atoms. The molecule has 1 heterocycles. The molecule has 2 atom stereocenters. The van der Waals surface area contributed by atoms with E-state index < -0.39 is 6.10 Å². The number of hydrogen-bond donors (Lipinski definition) is 1. The number of hydrogen-bond acceptors (Lipinski definition) is 2. The van der Waals surface area contributed by atoms with Gasteiger partial charge >= 0.3 is 0 Å². The van der Waals surface area contributed by atoms with E-state index in [2.05, 4.69) is 26.0 Å². The van der Waals surface area contributed by atoms with Crippen LogP contribution in [0, 0.1) is 0 Å². The second-order valence-corrected chi connectivity index (χ2v) is 4.12. The van der Waals surface area contributed by atoms with E-state index in [1.807, 2.05) is 6.07 Å². The van der Waals surface area contributed by atoms with Gasteiger partial charge in [0.25, 0.3) is 0 Å². The first kappa shape index (κ1) is 10.5. The highest BCUT2D eigenvalue weighted by molar-refractivity contribution is 5.42. The molecule has 15 heavy (non-hydrogen) atoms. The lowest BCUT2D eigenvalue weighted by atomic mass is 10.0. The first-order valence-corrected chi connectivity index (χ1v) is 5.73. The van der Waals surface area contributed by atoms with E-state index in [-0.39, 0.29) is 6.10 Å². The maximum absolute atomic E-state index is 10.1. The van der Waals surface area contributed by atoms with Crippen molar-refractivity contribution in [2.45, 2.75) is 45.3 Å². The summed E-state index contributed by atoms with van der Waals surface area (Å²) in [5.41, 5.74) is 2.22. The molecule has 82 valence electrons. The van der Waals surface area contributed by atoms with Gasteiger partial charge in [-0.1, -0.05) is 26.3 Å². The molecule has 2 rings (SSSR count). The summed E-state index contributed by atoms with van der Waals surface area (Å²) in [5.74, 6) is 0.859. The van der Waals surface area contributed by atoms with Gasteiger partial charge in [-0.25, -0.2) is 0 Å². The van der Waals surface area contributed by atoms with Crippen LogP contribution in [0.15, 0.2) is 18.2 Å². The summed E-state index contributed by atoms with van der Waals surface area (Å²) in [6.07, 6.45) is 2.47. The molecule has 1 aliphatic rings. The van der Waals surface area contributed by atoms with Crippen molar-refractivity contribution in [1.82, 2.24) is 0 Å². The van der Waals surface area contributed by atoms with Crippen molar-refractivity contribution >= 4 is 0 Å². The predicted octanol–water partition coefficient (Wildman–Crippen LogP) is 2.84. The maximum Gasteiger partial charge on any atom is 0.129 e. The topological polar surface area (TPSA) is 29.5 Å². The minimum atomic E-state index is -0.438. The molecule has 2 unspecified atom stereocenters. The average Bonchev–Trinajstić information content (AvgIpc) is 2.56. The summed E-state index contributed by atoms with van der Waals surface area (Å²) in [6.45, 7) is 4.23. The van der Waals surface area contributed by atoms with Gasteiger partial charge in [0.1, 0.15) is 18.0 Å². The highest BCUT2D eigenvalue weighted by Crippen LogP contribution is 2.38. The van der Waals surface area contributed by atoms with Crippen molar-refractivity contribution in [3.63, 3.8) is 0 Å². The molecule has 0 aromatic heterocycles. The van der Waals surface area contributed by atoms with Crippen LogP contribution in [-0.2, 0) is 6.42 Å². The zero-order valence-corrected chi connectivity index (χ0v) is 9.36. The third-order valence-corrected chi connectivity index (χ3v) is 3.00. The predicted molar refractivity (Wildman–Crippen MR) is 60.1 cm³/mol. The number of benzene rings is 1. The second kappa shape index (κ2) is 4.23. The summed E-state index contributed by atoms with van der Waals surface area (Å²) in [4.78, 5) is 0. The average molecular weight is 206 g/mol. The lowest BCUT2D eigenvalue weighted by Gasteiger charge is -2.12. The zero-order chi connectivity index (χ0) is 10.8. The van der Waals surface area contributed by atoms with E-state index in [0.29, 0.717) is 0 Å². The minimum Gasteiger partial charge on any atom is -0.487 e. The Morgan fingerprint density at radius 1 is 1.33 bits per heavy atom. The molecule has 1 aromatic rings. The molecule has 0 bridgehead atoms. The highest BCUT2D eigenvalue weighted by atomic mass is 16.5. The molecular formula is C13H18O2. The van der Waals surface area contributed by atoms with Crippen molar-refractivity contribution in [3.8, 4) is 5.75 Å². The van der Waals surface area contributed by atoms with E-state index in [0.717, 1.165) is 30.6 Å². The fraction of sp³-hybridized carbons (Fsp3) is 0.538. The van der Waals surface area contributed by atoms with Crippen molar-refractivity contribution < 1.29 is 9.84 Å². The molecule has 1 aliphatic heterocycles. The SMILES string of the molecule is CCCC1Oc2ccc(CC)cc2C1O. The van der Waals surface area contributed by atoms with Crippen LogP contribution >= 0.6 is 0 Å². The molecule has 0 fully saturated rings. The number of ether oxygens (including phenoxy) is 1. The third kappa shape index (κ3) is 1.86. The van der Waals surface area contributed by atoms with Crippen molar-refractivity contribution in [3.05, 3.63) is 29.3 Å². The Hall–Kier alpha value is -1.02. The maximum atomic E-state index is 10.1. The van der Waals surface area contributed by atoms with Crippen LogP contribution in [0.5, 0.6) is 5.75 Å². The van der Waals surface area contributed by atoms with E-state index >= 15 is 0 Å².